The van der Waals surface area contributed by atoms with Gasteiger partial charge in [-0.3, -0.25) is 0 Å². The number of rotatable bonds is 1. The van der Waals surface area contributed by atoms with Crippen LogP contribution < -0.4 is 0 Å². The smallest absolute Gasteiger partial charge is 0.164 e. The van der Waals surface area contributed by atoms with Crippen molar-refractivity contribution in [1.29, 1.82) is 0 Å². The van der Waals surface area contributed by atoms with Crippen LogP contribution in [0.1, 0.15) is 27.7 Å². The van der Waals surface area contributed by atoms with E-state index in [0.29, 0.717) is 0 Å². The molecule has 0 radical (unpaired) electrons. The van der Waals surface area contributed by atoms with Crippen molar-refractivity contribution >= 4 is 15.9 Å². The standard InChI is InChI=1S/C8H15BrO2/c1-7(2)6(5-9)10-8(3,4)11-7/h6H,5H2,1-4H3. The van der Waals surface area contributed by atoms with Gasteiger partial charge in [0.05, 0.1) is 11.7 Å². The fraction of sp³-hybridized carbons (Fsp3) is 1.00. The van der Waals surface area contributed by atoms with Gasteiger partial charge in [-0.25, -0.2) is 0 Å². The average molecular weight is 223 g/mol. The fourth-order valence-electron chi connectivity index (χ4n) is 1.43. The van der Waals surface area contributed by atoms with Gasteiger partial charge in [-0.1, -0.05) is 15.9 Å². The zero-order chi connectivity index (χ0) is 8.70. The highest BCUT2D eigenvalue weighted by Crippen LogP contribution is 2.36. The second-order valence-electron chi connectivity index (χ2n) is 3.87. The van der Waals surface area contributed by atoms with E-state index in [0.717, 1.165) is 5.33 Å². The summed E-state index contributed by atoms with van der Waals surface area (Å²) in [6.45, 7) is 7.98. The van der Waals surface area contributed by atoms with Gasteiger partial charge in [0.25, 0.3) is 0 Å². The Bertz CT molecular complexity index is 154. The number of alkyl halides is 1. The summed E-state index contributed by atoms with van der Waals surface area (Å²) in [6.07, 6.45) is 0.150. The second kappa shape index (κ2) is 2.71. The summed E-state index contributed by atoms with van der Waals surface area (Å²) >= 11 is 3.40. The third kappa shape index (κ3) is 1.95. The van der Waals surface area contributed by atoms with Crippen molar-refractivity contribution in [3.63, 3.8) is 0 Å². The topological polar surface area (TPSA) is 18.5 Å². The molecule has 66 valence electrons. The van der Waals surface area contributed by atoms with E-state index in [1.807, 2.05) is 27.7 Å². The first-order valence-corrected chi connectivity index (χ1v) is 4.93. The lowest BCUT2D eigenvalue weighted by Gasteiger charge is -2.22. The number of hydrogen-bond acceptors (Lipinski definition) is 2. The molecule has 1 unspecified atom stereocenters. The first-order valence-electron chi connectivity index (χ1n) is 3.81. The van der Waals surface area contributed by atoms with Crippen molar-refractivity contribution in [2.45, 2.75) is 45.2 Å². The molecule has 0 saturated carbocycles. The highest BCUT2D eigenvalue weighted by atomic mass is 79.9. The summed E-state index contributed by atoms with van der Waals surface area (Å²) in [7, 11) is 0. The fourth-order valence-corrected chi connectivity index (χ4v) is 2.34. The summed E-state index contributed by atoms with van der Waals surface area (Å²) < 4.78 is 11.3. The van der Waals surface area contributed by atoms with E-state index in [2.05, 4.69) is 15.9 Å². The van der Waals surface area contributed by atoms with Crippen molar-refractivity contribution in [3.05, 3.63) is 0 Å². The Hall–Kier alpha value is 0.400. The molecule has 11 heavy (non-hydrogen) atoms. The Labute approximate surface area is 76.4 Å². The predicted molar refractivity (Wildman–Crippen MR) is 47.9 cm³/mol. The summed E-state index contributed by atoms with van der Waals surface area (Å²) in [5.74, 6) is -0.429. The van der Waals surface area contributed by atoms with Crippen LogP contribution in [0.3, 0.4) is 0 Å². The molecule has 1 aliphatic heterocycles. The van der Waals surface area contributed by atoms with Gasteiger partial charge in [0.2, 0.25) is 0 Å². The normalized spacial score (nSPS) is 34.1. The number of hydrogen-bond donors (Lipinski definition) is 0. The summed E-state index contributed by atoms with van der Waals surface area (Å²) in [5.41, 5.74) is -0.174. The van der Waals surface area contributed by atoms with Crippen LogP contribution in [0.15, 0.2) is 0 Å². The first-order chi connectivity index (χ1) is 4.87. The number of halogens is 1. The van der Waals surface area contributed by atoms with Crippen LogP contribution in [-0.4, -0.2) is 22.8 Å². The quantitative estimate of drug-likeness (QED) is 0.635. The summed E-state index contributed by atoms with van der Waals surface area (Å²) in [6, 6.07) is 0. The first kappa shape index (κ1) is 9.49. The third-order valence-corrected chi connectivity index (χ3v) is 2.44. The summed E-state index contributed by atoms with van der Waals surface area (Å²) in [4.78, 5) is 0. The Kier molecular flexibility index (Phi) is 2.34. The Morgan fingerprint density at radius 1 is 1.27 bits per heavy atom. The highest BCUT2D eigenvalue weighted by Gasteiger charge is 2.46. The molecular weight excluding hydrogens is 208 g/mol. The predicted octanol–water partition coefficient (Wildman–Crippen LogP) is 2.31. The molecule has 1 aliphatic rings. The molecule has 0 spiro atoms. The van der Waals surface area contributed by atoms with E-state index in [9.17, 15) is 0 Å². The van der Waals surface area contributed by atoms with Crippen molar-refractivity contribution in [2.75, 3.05) is 5.33 Å². The minimum Gasteiger partial charge on any atom is -0.343 e. The molecule has 0 amide bonds. The molecule has 1 saturated heterocycles. The minimum atomic E-state index is -0.429. The highest BCUT2D eigenvalue weighted by molar-refractivity contribution is 9.09. The number of ether oxygens (including phenoxy) is 2. The Morgan fingerprint density at radius 3 is 2.00 bits per heavy atom. The van der Waals surface area contributed by atoms with Gasteiger partial charge in [0.15, 0.2) is 5.79 Å². The van der Waals surface area contributed by atoms with Crippen LogP contribution in [-0.2, 0) is 9.47 Å². The monoisotopic (exact) mass is 222 g/mol. The van der Waals surface area contributed by atoms with Gasteiger partial charge in [0, 0.05) is 5.33 Å². The zero-order valence-corrected chi connectivity index (χ0v) is 9.06. The van der Waals surface area contributed by atoms with Gasteiger partial charge in [-0.15, -0.1) is 0 Å². The minimum absolute atomic E-state index is 0.150. The largest absolute Gasteiger partial charge is 0.343 e. The van der Waals surface area contributed by atoms with E-state index in [4.69, 9.17) is 9.47 Å². The Morgan fingerprint density at radius 2 is 1.82 bits per heavy atom. The molecule has 0 bridgehead atoms. The summed E-state index contributed by atoms with van der Waals surface area (Å²) in [5, 5.41) is 0.823. The average Bonchev–Trinajstić information content (AvgIpc) is 1.99. The van der Waals surface area contributed by atoms with Crippen LogP contribution in [0.2, 0.25) is 0 Å². The van der Waals surface area contributed by atoms with Gasteiger partial charge in [-0.2, -0.15) is 0 Å². The second-order valence-corrected chi connectivity index (χ2v) is 4.51. The van der Waals surface area contributed by atoms with E-state index >= 15 is 0 Å². The third-order valence-electron chi connectivity index (χ3n) is 1.85. The molecule has 1 atom stereocenters. The van der Waals surface area contributed by atoms with Gasteiger partial charge < -0.3 is 9.47 Å². The molecule has 3 heteroatoms. The van der Waals surface area contributed by atoms with Crippen LogP contribution in [0.4, 0.5) is 0 Å². The Balaban J connectivity index is 2.71. The van der Waals surface area contributed by atoms with Crippen molar-refractivity contribution in [1.82, 2.24) is 0 Å². The molecule has 2 nitrogen and oxygen atoms in total. The lowest BCUT2D eigenvalue weighted by atomic mass is 10.0. The van der Waals surface area contributed by atoms with E-state index in [-0.39, 0.29) is 11.7 Å². The van der Waals surface area contributed by atoms with Crippen molar-refractivity contribution in [3.8, 4) is 0 Å². The van der Waals surface area contributed by atoms with Gasteiger partial charge >= 0.3 is 0 Å². The molecular formula is C8H15BrO2. The molecule has 0 aromatic heterocycles. The van der Waals surface area contributed by atoms with Gasteiger partial charge in [-0.05, 0) is 27.7 Å². The zero-order valence-electron chi connectivity index (χ0n) is 7.48. The van der Waals surface area contributed by atoms with Crippen molar-refractivity contribution in [2.24, 2.45) is 0 Å². The maximum Gasteiger partial charge on any atom is 0.164 e. The van der Waals surface area contributed by atoms with Crippen molar-refractivity contribution < 1.29 is 9.47 Å². The van der Waals surface area contributed by atoms with E-state index in [1.165, 1.54) is 0 Å². The maximum absolute atomic E-state index is 5.69. The molecule has 0 aromatic rings. The molecule has 0 aromatic carbocycles. The van der Waals surface area contributed by atoms with E-state index < -0.39 is 5.79 Å². The SMILES string of the molecule is CC1(C)OC(CBr)C(C)(C)O1. The molecule has 1 rings (SSSR count). The van der Waals surface area contributed by atoms with Crippen LogP contribution in [0.25, 0.3) is 0 Å². The van der Waals surface area contributed by atoms with Crippen LogP contribution in [0.5, 0.6) is 0 Å². The van der Waals surface area contributed by atoms with E-state index in [1.54, 1.807) is 0 Å². The lowest BCUT2D eigenvalue weighted by molar-refractivity contribution is -0.156. The van der Waals surface area contributed by atoms with Gasteiger partial charge in [0.1, 0.15) is 0 Å². The molecule has 0 N–H and O–H groups in total. The molecule has 1 fully saturated rings. The molecule has 1 heterocycles. The molecule has 0 aliphatic carbocycles. The van der Waals surface area contributed by atoms with Crippen LogP contribution >= 0.6 is 15.9 Å². The maximum atomic E-state index is 5.69. The van der Waals surface area contributed by atoms with Crippen LogP contribution in [0, 0.1) is 0 Å². The lowest BCUT2D eigenvalue weighted by Crippen LogP contribution is -2.34.